The van der Waals surface area contributed by atoms with Gasteiger partial charge in [-0.05, 0) is 56.5 Å². The van der Waals surface area contributed by atoms with Crippen LogP contribution < -0.4 is 10.2 Å². The third-order valence-electron chi connectivity index (χ3n) is 5.64. The Balaban J connectivity index is 1.80. The van der Waals surface area contributed by atoms with Crippen LogP contribution in [-0.4, -0.2) is 33.7 Å². The SMILES string of the molecule is C=CCNC1CC(C)N(CC)c2c1cccc2[S+]([O-])c1nc2ccc(C)cc2[nH]1. The second-order valence-corrected chi connectivity index (χ2v) is 9.01. The lowest BCUT2D eigenvalue weighted by atomic mass is 9.91. The van der Waals surface area contributed by atoms with Crippen molar-refractivity contribution in [3.05, 3.63) is 60.2 Å². The van der Waals surface area contributed by atoms with E-state index in [1.807, 2.05) is 43.3 Å². The molecule has 29 heavy (non-hydrogen) atoms. The number of benzene rings is 2. The second-order valence-electron chi connectivity index (χ2n) is 7.65. The second kappa shape index (κ2) is 8.22. The van der Waals surface area contributed by atoms with Gasteiger partial charge in [0, 0.05) is 25.2 Å². The van der Waals surface area contributed by atoms with Gasteiger partial charge >= 0.3 is 5.16 Å². The maximum atomic E-state index is 13.6. The van der Waals surface area contributed by atoms with Crippen LogP contribution in [0.4, 0.5) is 5.69 Å². The summed E-state index contributed by atoms with van der Waals surface area (Å²) in [5.41, 5.74) is 5.19. The highest BCUT2D eigenvalue weighted by atomic mass is 32.2. The smallest absolute Gasteiger partial charge is 0.327 e. The fourth-order valence-electron chi connectivity index (χ4n) is 4.27. The summed E-state index contributed by atoms with van der Waals surface area (Å²) in [6, 6.07) is 12.7. The van der Waals surface area contributed by atoms with Crippen LogP contribution in [-0.2, 0) is 11.2 Å². The maximum Gasteiger partial charge on any atom is 0.327 e. The molecule has 152 valence electrons. The first-order chi connectivity index (χ1) is 14.0. The molecule has 1 aromatic heterocycles. The Morgan fingerprint density at radius 3 is 2.97 bits per heavy atom. The first kappa shape index (κ1) is 20.0. The molecule has 0 saturated heterocycles. The van der Waals surface area contributed by atoms with Gasteiger partial charge in [0.2, 0.25) is 0 Å². The van der Waals surface area contributed by atoms with E-state index in [1.165, 1.54) is 5.56 Å². The molecule has 5 nitrogen and oxygen atoms in total. The van der Waals surface area contributed by atoms with Gasteiger partial charge in [0.25, 0.3) is 0 Å². The summed E-state index contributed by atoms with van der Waals surface area (Å²) in [7, 11) is 0. The summed E-state index contributed by atoms with van der Waals surface area (Å²) >= 11 is -1.39. The lowest BCUT2D eigenvalue weighted by molar-refractivity contribution is 0.439. The average Bonchev–Trinajstić information content (AvgIpc) is 3.14. The van der Waals surface area contributed by atoms with E-state index in [2.05, 4.69) is 46.7 Å². The monoisotopic (exact) mass is 408 g/mol. The molecule has 0 bridgehead atoms. The van der Waals surface area contributed by atoms with Crippen molar-refractivity contribution in [3.8, 4) is 0 Å². The predicted molar refractivity (Wildman–Crippen MR) is 120 cm³/mol. The molecule has 4 rings (SSSR count). The van der Waals surface area contributed by atoms with E-state index < -0.39 is 11.2 Å². The number of imidazole rings is 1. The number of hydrogen-bond acceptors (Lipinski definition) is 4. The van der Waals surface area contributed by atoms with Crippen LogP contribution in [0.25, 0.3) is 11.0 Å². The number of nitrogens with one attached hydrogen (secondary N) is 2. The Morgan fingerprint density at radius 1 is 1.38 bits per heavy atom. The van der Waals surface area contributed by atoms with E-state index in [-0.39, 0.29) is 6.04 Å². The van der Waals surface area contributed by atoms with Crippen molar-refractivity contribution in [2.75, 3.05) is 18.0 Å². The number of aromatic amines is 1. The van der Waals surface area contributed by atoms with Crippen molar-refractivity contribution >= 4 is 27.9 Å². The minimum atomic E-state index is -1.39. The van der Waals surface area contributed by atoms with Crippen LogP contribution in [0.3, 0.4) is 0 Å². The fourth-order valence-corrected chi connectivity index (χ4v) is 5.48. The van der Waals surface area contributed by atoms with Gasteiger partial charge in [0.05, 0.1) is 27.9 Å². The van der Waals surface area contributed by atoms with Crippen LogP contribution in [0.5, 0.6) is 0 Å². The zero-order chi connectivity index (χ0) is 20.5. The van der Waals surface area contributed by atoms with E-state index in [0.29, 0.717) is 11.2 Å². The first-order valence-corrected chi connectivity index (χ1v) is 11.3. The van der Waals surface area contributed by atoms with Crippen LogP contribution in [0.1, 0.15) is 37.4 Å². The molecule has 1 aliphatic heterocycles. The fraction of sp³-hybridized carbons (Fsp3) is 0.348. The quantitative estimate of drug-likeness (QED) is 0.466. The molecular weight excluding hydrogens is 380 g/mol. The van der Waals surface area contributed by atoms with Gasteiger partial charge in [-0.2, -0.15) is 4.98 Å². The first-order valence-electron chi connectivity index (χ1n) is 10.2. The molecular formula is C23H28N4OS. The van der Waals surface area contributed by atoms with Crippen LogP contribution in [0.15, 0.2) is 59.1 Å². The summed E-state index contributed by atoms with van der Waals surface area (Å²) in [4.78, 5) is 11.1. The largest absolute Gasteiger partial charge is 0.604 e. The lowest BCUT2D eigenvalue weighted by Crippen LogP contribution is -2.42. The van der Waals surface area contributed by atoms with E-state index in [4.69, 9.17) is 0 Å². The van der Waals surface area contributed by atoms with Crippen molar-refractivity contribution in [1.29, 1.82) is 0 Å². The molecule has 3 aromatic rings. The summed E-state index contributed by atoms with van der Waals surface area (Å²) in [5.74, 6) is 0. The Morgan fingerprint density at radius 2 is 2.21 bits per heavy atom. The number of rotatable bonds is 6. The molecule has 0 spiro atoms. The molecule has 2 aromatic carbocycles. The van der Waals surface area contributed by atoms with Gasteiger partial charge in [0.1, 0.15) is 0 Å². The number of hydrogen-bond donors (Lipinski definition) is 2. The molecule has 2 heterocycles. The molecule has 1 aliphatic rings. The van der Waals surface area contributed by atoms with Gasteiger partial charge in [0.15, 0.2) is 4.90 Å². The van der Waals surface area contributed by atoms with Crippen molar-refractivity contribution in [2.45, 2.75) is 49.3 Å². The number of aryl methyl sites for hydroxylation is 1. The van der Waals surface area contributed by atoms with E-state index in [1.54, 1.807) is 0 Å². The molecule has 0 saturated carbocycles. The minimum Gasteiger partial charge on any atom is -0.604 e. The molecule has 0 amide bonds. The maximum absolute atomic E-state index is 13.6. The number of fused-ring (bicyclic) bond motifs is 2. The van der Waals surface area contributed by atoms with Crippen LogP contribution in [0, 0.1) is 6.92 Å². The van der Waals surface area contributed by atoms with Crippen molar-refractivity contribution < 1.29 is 4.55 Å². The van der Waals surface area contributed by atoms with Gasteiger partial charge in [-0.1, -0.05) is 24.3 Å². The Hall–Kier alpha value is -2.28. The third kappa shape index (κ3) is 3.68. The molecule has 2 N–H and O–H groups in total. The van der Waals surface area contributed by atoms with E-state index in [0.717, 1.165) is 46.7 Å². The lowest BCUT2D eigenvalue weighted by Gasteiger charge is -2.41. The number of para-hydroxylation sites is 1. The molecule has 3 atom stereocenters. The van der Waals surface area contributed by atoms with E-state index in [9.17, 15) is 4.55 Å². The van der Waals surface area contributed by atoms with Crippen molar-refractivity contribution in [1.82, 2.24) is 15.3 Å². The van der Waals surface area contributed by atoms with Crippen LogP contribution >= 0.6 is 0 Å². The summed E-state index contributed by atoms with van der Waals surface area (Å²) < 4.78 is 13.6. The Bertz CT molecular complexity index is 1030. The van der Waals surface area contributed by atoms with Crippen molar-refractivity contribution in [2.24, 2.45) is 0 Å². The summed E-state index contributed by atoms with van der Waals surface area (Å²) in [6.07, 6.45) is 2.89. The molecule has 0 fully saturated rings. The summed E-state index contributed by atoms with van der Waals surface area (Å²) in [5, 5.41) is 4.07. The highest BCUT2D eigenvalue weighted by Crippen LogP contribution is 2.42. The average molecular weight is 409 g/mol. The minimum absolute atomic E-state index is 0.219. The number of H-pyrrole nitrogens is 1. The van der Waals surface area contributed by atoms with Gasteiger partial charge in [-0.15, -0.1) is 6.58 Å². The van der Waals surface area contributed by atoms with Crippen molar-refractivity contribution in [3.63, 3.8) is 0 Å². The van der Waals surface area contributed by atoms with Gasteiger partial charge in [-0.25, -0.2) is 0 Å². The molecule has 0 radical (unpaired) electrons. The molecule has 0 aliphatic carbocycles. The van der Waals surface area contributed by atoms with Gasteiger partial charge < -0.3 is 14.8 Å². The third-order valence-corrected chi connectivity index (χ3v) is 6.92. The van der Waals surface area contributed by atoms with Crippen LogP contribution in [0.2, 0.25) is 0 Å². The zero-order valence-electron chi connectivity index (χ0n) is 17.2. The topological polar surface area (TPSA) is 67.0 Å². The Kier molecular flexibility index (Phi) is 5.67. The Labute approximate surface area is 175 Å². The standard InChI is InChI=1S/C23H28N4OS/c1-5-12-24-19-14-16(4)27(6-2)22-17(19)8-7-9-21(22)29(28)23-25-18-11-10-15(3)13-20(18)26-23/h5,7-11,13,16,19,24H,1,6,12,14H2,2-4H3,(H,25,26). The normalized spacial score (nSPS) is 19.9. The molecule has 3 unspecified atom stereocenters. The van der Waals surface area contributed by atoms with E-state index >= 15 is 0 Å². The molecule has 6 heteroatoms. The number of nitrogens with zero attached hydrogens (tertiary/aromatic N) is 2. The highest BCUT2D eigenvalue weighted by molar-refractivity contribution is 7.91. The number of anilines is 1. The number of aromatic nitrogens is 2. The highest BCUT2D eigenvalue weighted by Gasteiger charge is 2.35. The predicted octanol–water partition coefficient (Wildman–Crippen LogP) is 4.47. The zero-order valence-corrected chi connectivity index (χ0v) is 18.1. The van der Waals surface area contributed by atoms with Gasteiger partial charge in [-0.3, -0.25) is 4.98 Å². The summed E-state index contributed by atoms with van der Waals surface area (Å²) in [6.45, 7) is 11.9.